The normalized spacial score (nSPS) is 10.5. The Bertz CT molecular complexity index is 1030. The zero-order valence-corrected chi connectivity index (χ0v) is 12.4. The number of nitriles is 1. The molecule has 0 atom stereocenters. The van der Waals surface area contributed by atoms with Crippen molar-refractivity contribution in [2.75, 3.05) is 0 Å². The lowest BCUT2D eigenvalue weighted by atomic mass is 10.0. The molecule has 108 valence electrons. The molecule has 3 rings (SSSR count). The second kappa shape index (κ2) is 5.47. The molecular weight excluding hydrogens is 296 g/mol. The van der Waals surface area contributed by atoms with Gasteiger partial charge in [-0.2, -0.15) is 5.26 Å². The van der Waals surface area contributed by atoms with Gasteiger partial charge in [-0.1, -0.05) is 24.8 Å². The molecule has 0 amide bonds. The van der Waals surface area contributed by atoms with Crippen molar-refractivity contribution in [1.82, 2.24) is 14.5 Å². The molecule has 0 unspecified atom stereocenters. The molecule has 0 aliphatic heterocycles. The summed E-state index contributed by atoms with van der Waals surface area (Å²) in [5.74, 6) is 0. The molecule has 1 aromatic carbocycles. The van der Waals surface area contributed by atoms with Crippen LogP contribution in [0.3, 0.4) is 0 Å². The fraction of sp³-hybridized carbons (Fsp3) is 0.0625. The third-order valence-corrected chi connectivity index (χ3v) is 3.85. The van der Waals surface area contributed by atoms with Crippen molar-refractivity contribution in [3.63, 3.8) is 0 Å². The Morgan fingerprint density at radius 1 is 1.41 bits per heavy atom. The van der Waals surface area contributed by atoms with Crippen LogP contribution in [0.25, 0.3) is 17.1 Å². The fourth-order valence-electron chi connectivity index (χ4n) is 2.39. The van der Waals surface area contributed by atoms with Gasteiger partial charge in [0.2, 0.25) is 0 Å². The minimum absolute atomic E-state index is 0.247. The third kappa shape index (κ3) is 2.28. The standard InChI is InChI=1S/C16H12N4OS/c1-2-10-3-4-11(12(7-10)8-17)9-20-13-5-6-18-14(13)15(21)19-16(20)22/h2-7,18H,1,9H2,(H,19,21,22). The molecule has 0 radical (unpaired) electrons. The molecule has 0 aliphatic carbocycles. The van der Waals surface area contributed by atoms with E-state index in [-0.39, 0.29) is 5.56 Å². The number of nitrogens with zero attached hydrogens (tertiary/aromatic N) is 2. The molecular formula is C16H12N4OS. The highest BCUT2D eigenvalue weighted by molar-refractivity contribution is 7.71. The Balaban J connectivity index is 2.18. The van der Waals surface area contributed by atoms with Crippen LogP contribution in [-0.2, 0) is 6.54 Å². The number of H-pyrrole nitrogens is 2. The number of aromatic amines is 2. The predicted molar refractivity (Wildman–Crippen MR) is 88.1 cm³/mol. The van der Waals surface area contributed by atoms with Crippen LogP contribution < -0.4 is 5.56 Å². The Kier molecular flexibility index (Phi) is 3.49. The first-order valence-corrected chi connectivity index (χ1v) is 7.00. The number of fused-ring (bicyclic) bond motifs is 1. The van der Waals surface area contributed by atoms with Gasteiger partial charge in [-0.05, 0) is 35.5 Å². The smallest absolute Gasteiger partial charge is 0.276 e. The van der Waals surface area contributed by atoms with E-state index in [9.17, 15) is 10.1 Å². The SMILES string of the molecule is C=Cc1ccc(Cn2c(=S)[nH]c(=O)c3[nH]ccc32)c(C#N)c1. The van der Waals surface area contributed by atoms with E-state index in [1.807, 2.05) is 12.1 Å². The van der Waals surface area contributed by atoms with Crippen molar-refractivity contribution >= 4 is 29.3 Å². The van der Waals surface area contributed by atoms with Gasteiger partial charge in [0.15, 0.2) is 4.77 Å². The topological polar surface area (TPSA) is 77.4 Å². The second-order valence-corrected chi connectivity index (χ2v) is 5.20. The summed E-state index contributed by atoms with van der Waals surface area (Å²) in [6, 6.07) is 9.54. The number of benzene rings is 1. The summed E-state index contributed by atoms with van der Waals surface area (Å²) in [5.41, 5.74) is 3.22. The highest BCUT2D eigenvalue weighted by Crippen LogP contribution is 2.16. The van der Waals surface area contributed by atoms with E-state index in [4.69, 9.17) is 12.2 Å². The largest absolute Gasteiger partial charge is 0.355 e. The van der Waals surface area contributed by atoms with Gasteiger partial charge in [-0.25, -0.2) is 0 Å². The van der Waals surface area contributed by atoms with E-state index in [0.717, 1.165) is 11.1 Å². The molecule has 2 N–H and O–H groups in total. The molecule has 2 aromatic heterocycles. The van der Waals surface area contributed by atoms with E-state index in [1.54, 1.807) is 29.0 Å². The minimum Gasteiger partial charge on any atom is -0.355 e. The molecule has 3 aromatic rings. The van der Waals surface area contributed by atoms with Crippen LogP contribution in [0.15, 0.2) is 41.8 Å². The maximum Gasteiger partial charge on any atom is 0.276 e. The number of rotatable bonds is 3. The van der Waals surface area contributed by atoms with Crippen molar-refractivity contribution < 1.29 is 0 Å². The van der Waals surface area contributed by atoms with Gasteiger partial charge in [0.05, 0.1) is 23.7 Å². The van der Waals surface area contributed by atoms with Gasteiger partial charge in [-0.15, -0.1) is 0 Å². The van der Waals surface area contributed by atoms with Gasteiger partial charge in [0.1, 0.15) is 5.52 Å². The molecule has 0 saturated carbocycles. The van der Waals surface area contributed by atoms with Crippen LogP contribution >= 0.6 is 12.2 Å². The average Bonchev–Trinajstić information content (AvgIpc) is 3.01. The number of nitrogens with one attached hydrogen (secondary N) is 2. The summed E-state index contributed by atoms with van der Waals surface area (Å²) < 4.78 is 2.13. The van der Waals surface area contributed by atoms with Gasteiger partial charge >= 0.3 is 0 Å². The average molecular weight is 308 g/mol. The molecule has 2 heterocycles. The van der Waals surface area contributed by atoms with Crippen LogP contribution in [0.4, 0.5) is 0 Å². The lowest BCUT2D eigenvalue weighted by molar-refractivity contribution is 0.780. The van der Waals surface area contributed by atoms with Crippen molar-refractivity contribution in [2.45, 2.75) is 6.54 Å². The predicted octanol–water partition coefficient (Wildman–Crippen LogP) is 2.95. The Morgan fingerprint density at radius 3 is 2.95 bits per heavy atom. The number of hydrogen-bond donors (Lipinski definition) is 2. The Morgan fingerprint density at radius 2 is 2.23 bits per heavy atom. The van der Waals surface area contributed by atoms with Gasteiger partial charge in [0, 0.05) is 6.20 Å². The maximum atomic E-state index is 11.8. The molecule has 6 heteroatoms. The van der Waals surface area contributed by atoms with E-state index in [1.165, 1.54) is 0 Å². The van der Waals surface area contributed by atoms with E-state index in [0.29, 0.717) is 27.9 Å². The summed E-state index contributed by atoms with van der Waals surface area (Å²) in [6.07, 6.45) is 3.39. The zero-order chi connectivity index (χ0) is 15.7. The summed E-state index contributed by atoms with van der Waals surface area (Å²) in [5, 5.41) is 9.32. The summed E-state index contributed by atoms with van der Waals surface area (Å²) in [4.78, 5) is 17.4. The molecule has 0 fully saturated rings. The van der Waals surface area contributed by atoms with Crippen molar-refractivity contribution in [3.8, 4) is 6.07 Å². The van der Waals surface area contributed by atoms with Crippen LogP contribution in [-0.4, -0.2) is 14.5 Å². The Labute approximate surface area is 131 Å². The van der Waals surface area contributed by atoms with Crippen molar-refractivity contribution in [3.05, 3.63) is 68.9 Å². The molecule has 0 aliphatic rings. The quantitative estimate of drug-likeness (QED) is 0.730. The first-order valence-electron chi connectivity index (χ1n) is 6.59. The molecule has 0 bridgehead atoms. The lowest BCUT2D eigenvalue weighted by Gasteiger charge is -2.10. The Hall–Kier alpha value is -2.91. The second-order valence-electron chi connectivity index (χ2n) is 4.82. The minimum atomic E-state index is -0.247. The first kappa shape index (κ1) is 14.0. The van der Waals surface area contributed by atoms with Crippen LogP contribution in [0.1, 0.15) is 16.7 Å². The highest BCUT2D eigenvalue weighted by Gasteiger charge is 2.09. The van der Waals surface area contributed by atoms with E-state index < -0.39 is 0 Å². The third-order valence-electron chi connectivity index (χ3n) is 3.53. The summed E-state index contributed by atoms with van der Waals surface area (Å²) in [7, 11) is 0. The molecule has 0 saturated heterocycles. The number of aromatic nitrogens is 3. The lowest BCUT2D eigenvalue weighted by Crippen LogP contribution is -2.15. The highest BCUT2D eigenvalue weighted by atomic mass is 32.1. The zero-order valence-electron chi connectivity index (χ0n) is 11.6. The molecule has 0 spiro atoms. The van der Waals surface area contributed by atoms with Crippen LogP contribution in [0.2, 0.25) is 0 Å². The fourth-order valence-corrected chi connectivity index (χ4v) is 2.65. The monoisotopic (exact) mass is 308 g/mol. The van der Waals surface area contributed by atoms with E-state index in [2.05, 4.69) is 22.6 Å². The van der Waals surface area contributed by atoms with Gasteiger partial charge in [-0.3, -0.25) is 9.78 Å². The summed E-state index contributed by atoms with van der Waals surface area (Å²) in [6.45, 7) is 4.11. The van der Waals surface area contributed by atoms with Gasteiger partial charge < -0.3 is 9.55 Å². The van der Waals surface area contributed by atoms with Crippen LogP contribution in [0, 0.1) is 16.1 Å². The molecule has 5 nitrogen and oxygen atoms in total. The maximum absolute atomic E-state index is 11.8. The number of hydrogen-bond acceptors (Lipinski definition) is 3. The van der Waals surface area contributed by atoms with Crippen molar-refractivity contribution in [2.24, 2.45) is 0 Å². The van der Waals surface area contributed by atoms with Crippen molar-refractivity contribution in [1.29, 1.82) is 5.26 Å². The van der Waals surface area contributed by atoms with E-state index >= 15 is 0 Å². The van der Waals surface area contributed by atoms with Gasteiger partial charge in [0.25, 0.3) is 5.56 Å². The molecule has 22 heavy (non-hydrogen) atoms. The summed E-state index contributed by atoms with van der Waals surface area (Å²) >= 11 is 5.25. The first-order chi connectivity index (χ1) is 10.6. The van der Waals surface area contributed by atoms with Crippen LogP contribution in [0.5, 0.6) is 0 Å².